The zero-order valence-corrected chi connectivity index (χ0v) is 14.3. The number of fused-ring (bicyclic) bond motifs is 3. The Hall–Kier alpha value is -0.470. The van der Waals surface area contributed by atoms with Gasteiger partial charge in [0, 0.05) is 0 Å². The number of rotatable bonds is 1. The van der Waals surface area contributed by atoms with E-state index >= 15 is 0 Å². The van der Waals surface area contributed by atoms with Crippen molar-refractivity contribution in [1.82, 2.24) is 4.98 Å². The molecule has 2 atom stereocenters. The van der Waals surface area contributed by atoms with Gasteiger partial charge in [-0.25, -0.2) is 0 Å². The zero-order valence-electron chi connectivity index (χ0n) is 11.4. The Morgan fingerprint density at radius 3 is 2.68 bits per heavy atom. The predicted molar refractivity (Wildman–Crippen MR) is 73.8 cm³/mol. The summed E-state index contributed by atoms with van der Waals surface area (Å²) in [6.07, 6.45) is -3.70. The van der Waals surface area contributed by atoms with E-state index < -0.39 is 11.8 Å². The molecule has 7 heteroatoms. The summed E-state index contributed by atoms with van der Waals surface area (Å²) in [5, 5.41) is 11.6. The van der Waals surface area contributed by atoms with Crippen molar-refractivity contribution in [3.8, 4) is 0 Å². The van der Waals surface area contributed by atoms with E-state index in [1.807, 2.05) is 0 Å². The van der Waals surface area contributed by atoms with E-state index in [-0.39, 0.29) is 39.7 Å². The molecule has 22 heavy (non-hydrogen) atoms. The Bertz CT molecular complexity index is 768. The van der Waals surface area contributed by atoms with Crippen molar-refractivity contribution >= 4 is 22.5 Å². The summed E-state index contributed by atoms with van der Waals surface area (Å²) in [4.78, 5) is 2.83. The number of aryl methyl sites for hydroxylation is 1. The van der Waals surface area contributed by atoms with Gasteiger partial charge in [0.25, 0.3) is 0 Å². The van der Waals surface area contributed by atoms with E-state index in [2.05, 4.69) is 4.98 Å². The monoisotopic (exact) mass is 442 g/mol. The fourth-order valence-corrected chi connectivity index (χ4v) is 6.23. The molecule has 1 aromatic carbocycles. The van der Waals surface area contributed by atoms with Crippen LogP contribution in [0.2, 0.25) is 5.02 Å². The van der Waals surface area contributed by atoms with E-state index in [9.17, 15) is 18.3 Å². The van der Waals surface area contributed by atoms with Crippen molar-refractivity contribution in [3.05, 3.63) is 34.0 Å². The van der Waals surface area contributed by atoms with Crippen LogP contribution in [-0.4, -0.2) is 20.7 Å². The summed E-state index contributed by atoms with van der Waals surface area (Å²) in [7, 11) is 0. The third kappa shape index (κ3) is 1.89. The fourth-order valence-electron chi connectivity index (χ4n) is 3.42. The van der Waals surface area contributed by atoms with Crippen LogP contribution in [0.25, 0.3) is 10.9 Å². The van der Waals surface area contributed by atoms with Gasteiger partial charge in [0.05, 0.1) is 0 Å². The fraction of sp³-hybridized carbons (Fsp3) is 0.467. The zero-order chi connectivity index (χ0) is 15.7. The number of aromatic amines is 1. The van der Waals surface area contributed by atoms with Crippen LogP contribution in [0.3, 0.4) is 0 Å². The van der Waals surface area contributed by atoms with Gasteiger partial charge < -0.3 is 0 Å². The van der Waals surface area contributed by atoms with Crippen molar-refractivity contribution in [2.75, 3.05) is 4.43 Å². The second-order valence-electron chi connectivity index (χ2n) is 5.82. The van der Waals surface area contributed by atoms with E-state index in [4.69, 9.17) is 11.6 Å². The Morgan fingerprint density at radius 1 is 1.36 bits per heavy atom. The summed E-state index contributed by atoms with van der Waals surface area (Å²) in [6, 6.07) is 3.47. The first kappa shape index (κ1) is 15.1. The standard InChI is InChI=1S/C15H13ClF3INO/c16-8-1-2-10-11(12(8)9-4-6-20-9)7-3-5-14(22,13(7)21-10)15(17,18)19/h1-2,9,21-22H,3-6H2/q-1. The van der Waals surface area contributed by atoms with Gasteiger partial charge in [-0.15, -0.1) is 0 Å². The van der Waals surface area contributed by atoms with Crippen LogP contribution < -0.4 is 21.2 Å². The molecule has 2 unspecified atom stereocenters. The first-order chi connectivity index (χ1) is 10.3. The van der Waals surface area contributed by atoms with Crippen LogP contribution in [-0.2, 0) is 12.0 Å². The maximum absolute atomic E-state index is 13.3. The van der Waals surface area contributed by atoms with Crippen LogP contribution in [0.5, 0.6) is 0 Å². The summed E-state index contributed by atoms with van der Waals surface area (Å²) in [5.74, 6) is 0. The minimum absolute atomic E-state index is 0.0361. The molecule has 0 amide bonds. The summed E-state index contributed by atoms with van der Waals surface area (Å²) in [6.45, 7) is 0. The Morgan fingerprint density at radius 2 is 2.09 bits per heavy atom. The van der Waals surface area contributed by atoms with Gasteiger partial charge >= 0.3 is 140 Å². The SMILES string of the molecule is OC1(C(F)(F)F)CCc2c1[nH]c1ccc(Cl)c(C3CC[I-]3)c21. The van der Waals surface area contributed by atoms with Gasteiger partial charge in [0.15, 0.2) is 0 Å². The molecule has 2 N–H and O–H groups in total. The second kappa shape index (κ2) is 4.77. The van der Waals surface area contributed by atoms with E-state index in [1.165, 1.54) is 4.43 Å². The number of hydrogen-bond acceptors (Lipinski definition) is 1. The van der Waals surface area contributed by atoms with Crippen LogP contribution in [0.4, 0.5) is 13.2 Å². The third-order valence-electron chi connectivity index (χ3n) is 4.65. The molecule has 2 aliphatic rings. The van der Waals surface area contributed by atoms with Gasteiger partial charge in [0.2, 0.25) is 0 Å². The Kier molecular flexibility index (Phi) is 3.27. The van der Waals surface area contributed by atoms with E-state index in [1.54, 1.807) is 12.1 Å². The second-order valence-corrected chi connectivity index (χ2v) is 9.69. The van der Waals surface area contributed by atoms with Gasteiger partial charge in [-0.05, 0) is 0 Å². The van der Waals surface area contributed by atoms with E-state index in [0.29, 0.717) is 20.0 Å². The van der Waals surface area contributed by atoms with Crippen LogP contribution in [0, 0.1) is 0 Å². The summed E-state index contributed by atoms with van der Waals surface area (Å²) < 4.78 is 41.5. The summed E-state index contributed by atoms with van der Waals surface area (Å²) >= 11 is 6.39. The quantitative estimate of drug-likeness (QED) is 0.503. The minimum atomic E-state index is -4.67. The van der Waals surface area contributed by atoms with Crippen LogP contribution in [0.15, 0.2) is 12.1 Å². The normalized spacial score (nSPS) is 28.3. The van der Waals surface area contributed by atoms with Crippen molar-refractivity contribution in [3.63, 3.8) is 0 Å². The molecule has 1 aliphatic carbocycles. The molecule has 2 nitrogen and oxygen atoms in total. The first-order valence-electron chi connectivity index (χ1n) is 7.03. The molecule has 120 valence electrons. The number of aromatic nitrogens is 1. The van der Waals surface area contributed by atoms with Crippen molar-refractivity contribution in [1.29, 1.82) is 0 Å². The number of aliphatic hydroxyl groups is 1. The molecular weight excluding hydrogens is 430 g/mol. The molecule has 0 saturated carbocycles. The van der Waals surface area contributed by atoms with Crippen LogP contribution >= 0.6 is 11.6 Å². The van der Waals surface area contributed by atoms with Crippen molar-refractivity contribution < 1.29 is 39.5 Å². The molecule has 1 aliphatic heterocycles. The molecule has 1 aromatic heterocycles. The number of H-pyrrole nitrogens is 1. The summed E-state index contributed by atoms with van der Waals surface area (Å²) in [5.41, 5.74) is -0.594. The molecule has 2 heterocycles. The topological polar surface area (TPSA) is 36.0 Å². The number of halogens is 5. The molecule has 1 fully saturated rings. The van der Waals surface area contributed by atoms with Gasteiger partial charge in [-0.2, -0.15) is 0 Å². The van der Waals surface area contributed by atoms with Gasteiger partial charge in [0.1, 0.15) is 0 Å². The molecule has 0 bridgehead atoms. The number of alkyl halides is 5. The number of hydrogen-bond donors (Lipinski definition) is 2. The van der Waals surface area contributed by atoms with Gasteiger partial charge in [-0.1, -0.05) is 0 Å². The maximum atomic E-state index is 13.3. The Labute approximate surface area is 140 Å². The average molecular weight is 443 g/mol. The molecule has 2 aromatic rings. The van der Waals surface area contributed by atoms with Crippen molar-refractivity contribution in [2.24, 2.45) is 0 Å². The predicted octanol–water partition coefficient (Wildman–Crippen LogP) is 1.05. The Balaban J connectivity index is 1.98. The average Bonchev–Trinajstić information content (AvgIpc) is 2.89. The van der Waals surface area contributed by atoms with Crippen molar-refractivity contribution in [2.45, 2.75) is 35.0 Å². The number of benzene rings is 1. The third-order valence-corrected chi connectivity index (χ3v) is 8.53. The molecular formula is C15H13ClF3INO-. The number of nitrogens with one attached hydrogen (secondary N) is 1. The first-order valence-corrected chi connectivity index (χ1v) is 10.2. The molecule has 4 rings (SSSR count). The van der Waals surface area contributed by atoms with E-state index in [0.717, 1.165) is 17.4 Å². The van der Waals surface area contributed by atoms with Gasteiger partial charge in [-0.3, -0.25) is 0 Å². The molecule has 0 spiro atoms. The molecule has 0 radical (unpaired) electrons. The van der Waals surface area contributed by atoms with Crippen LogP contribution in [0.1, 0.15) is 33.6 Å². The molecule has 1 saturated heterocycles.